The van der Waals surface area contributed by atoms with Crippen LogP contribution in [-0.2, 0) is 14.2 Å². The van der Waals surface area contributed by atoms with E-state index in [1.54, 1.807) is 0 Å². The largest absolute Gasteiger partial charge is 1.00 e. The molecule has 0 saturated carbocycles. The Balaban J connectivity index is -0.000000120. The van der Waals surface area contributed by atoms with Crippen molar-refractivity contribution in [2.75, 3.05) is 12.7 Å². The van der Waals surface area contributed by atoms with Crippen molar-refractivity contribution < 1.29 is 91.1 Å². The number of carbonyl (C=O) groups is 2. The van der Waals surface area contributed by atoms with Crippen molar-refractivity contribution in [3.8, 4) is 0 Å². The summed E-state index contributed by atoms with van der Waals surface area (Å²) in [5.74, 6) is -1.66. The van der Waals surface area contributed by atoms with Crippen molar-refractivity contribution in [2.24, 2.45) is 0 Å². The van der Waals surface area contributed by atoms with Crippen LogP contribution in [0.25, 0.3) is 0 Å². The molecule has 0 spiro atoms. The third-order valence-electron chi connectivity index (χ3n) is 1.07. The molecule has 0 saturated heterocycles. The number of Topliss-reactive ketones (excluding diaryl/α,β-unsaturated/α-hetero) is 1. The molecule has 10 heteroatoms. The Labute approximate surface area is 134 Å². The van der Waals surface area contributed by atoms with Crippen LogP contribution in [0.1, 0.15) is 9.78 Å². The standard InChI is InChI=1S/C5H10NO6P.2Na.2H/c1-4(7)6(9)2-5(8)3-13(10,11)12;;;;/h9H,2-3H2,1H3,(H2,10,11,12);;;;/q;2*+1;2*-1. The minimum absolute atomic E-state index is 0. The van der Waals surface area contributed by atoms with Crippen molar-refractivity contribution in [1.82, 2.24) is 5.06 Å². The average molecular weight is 259 g/mol. The van der Waals surface area contributed by atoms with Crippen LogP contribution in [0.2, 0.25) is 0 Å². The molecule has 0 bridgehead atoms. The molecular formula is C5H12NNa2O6P. The molecule has 7 nitrogen and oxygen atoms in total. The van der Waals surface area contributed by atoms with Gasteiger partial charge in [0.25, 0.3) is 0 Å². The van der Waals surface area contributed by atoms with Gasteiger partial charge in [-0.15, -0.1) is 0 Å². The summed E-state index contributed by atoms with van der Waals surface area (Å²) >= 11 is 0. The zero-order valence-corrected chi connectivity index (χ0v) is 13.8. The smallest absolute Gasteiger partial charge is 1.00 e. The number of hydroxylamine groups is 2. The van der Waals surface area contributed by atoms with Gasteiger partial charge in [0.05, 0.1) is 0 Å². The van der Waals surface area contributed by atoms with E-state index in [1.807, 2.05) is 0 Å². The van der Waals surface area contributed by atoms with Gasteiger partial charge in [-0.2, -0.15) is 0 Å². The fourth-order valence-corrected chi connectivity index (χ4v) is 1.12. The molecule has 0 aromatic heterocycles. The maximum Gasteiger partial charge on any atom is 1.00 e. The van der Waals surface area contributed by atoms with E-state index in [2.05, 4.69) is 0 Å². The number of carbonyl (C=O) groups excluding carboxylic acids is 2. The summed E-state index contributed by atoms with van der Waals surface area (Å²) in [4.78, 5) is 37.8. The maximum atomic E-state index is 10.7. The van der Waals surface area contributed by atoms with Gasteiger partial charge >= 0.3 is 66.7 Å². The van der Waals surface area contributed by atoms with Crippen molar-refractivity contribution in [1.29, 1.82) is 0 Å². The summed E-state index contributed by atoms with van der Waals surface area (Å²) in [6, 6.07) is 0. The predicted molar refractivity (Wildman–Crippen MR) is 43.3 cm³/mol. The second-order valence-corrected chi connectivity index (χ2v) is 4.08. The summed E-state index contributed by atoms with van der Waals surface area (Å²) in [5.41, 5.74) is 0. The van der Waals surface area contributed by atoms with Crippen LogP contribution in [0, 0.1) is 0 Å². The summed E-state index contributed by atoms with van der Waals surface area (Å²) in [6.45, 7) is 0.311. The monoisotopic (exact) mass is 259 g/mol. The van der Waals surface area contributed by atoms with E-state index in [0.717, 1.165) is 6.92 Å². The molecule has 0 rings (SSSR count). The first-order valence-electron chi connectivity index (χ1n) is 3.25. The van der Waals surface area contributed by atoms with Crippen molar-refractivity contribution in [3.05, 3.63) is 0 Å². The first-order chi connectivity index (χ1) is 5.72. The molecular weight excluding hydrogens is 247 g/mol. The minimum atomic E-state index is -4.41. The molecule has 0 aromatic carbocycles. The first-order valence-corrected chi connectivity index (χ1v) is 5.05. The Morgan fingerprint density at radius 1 is 1.33 bits per heavy atom. The zero-order chi connectivity index (χ0) is 10.6. The Morgan fingerprint density at radius 3 is 2.00 bits per heavy atom. The minimum Gasteiger partial charge on any atom is -1.00 e. The maximum absolute atomic E-state index is 10.7. The topological polar surface area (TPSA) is 115 Å². The van der Waals surface area contributed by atoms with Gasteiger partial charge < -0.3 is 12.6 Å². The molecule has 80 valence electrons. The van der Waals surface area contributed by atoms with Crippen molar-refractivity contribution in [2.45, 2.75) is 6.92 Å². The number of hydrogen-bond acceptors (Lipinski definition) is 4. The molecule has 3 N–H and O–H groups in total. The second kappa shape index (κ2) is 9.30. The average Bonchev–Trinajstić information content (AvgIpc) is 1.81. The van der Waals surface area contributed by atoms with Crippen LogP contribution in [0.5, 0.6) is 0 Å². The van der Waals surface area contributed by atoms with Crippen LogP contribution in [0.15, 0.2) is 0 Å². The fourth-order valence-electron chi connectivity index (χ4n) is 0.558. The summed E-state index contributed by atoms with van der Waals surface area (Å²) < 4.78 is 10.3. The number of hydrogen-bond donors (Lipinski definition) is 3. The molecule has 1 amide bonds. The van der Waals surface area contributed by atoms with Gasteiger partial charge in [-0.05, 0) is 0 Å². The second-order valence-electron chi connectivity index (χ2n) is 2.44. The number of amides is 1. The molecule has 0 atom stereocenters. The van der Waals surface area contributed by atoms with E-state index < -0.39 is 32.0 Å². The Hall–Kier alpha value is 1.25. The summed E-state index contributed by atoms with van der Waals surface area (Å²) in [5, 5.41) is 8.80. The van der Waals surface area contributed by atoms with Crippen LogP contribution >= 0.6 is 7.60 Å². The van der Waals surface area contributed by atoms with Crippen molar-refractivity contribution >= 4 is 19.3 Å². The Bertz CT molecular complexity index is 275. The molecule has 0 fully saturated rings. The van der Waals surface area contributed by atoms with Gasteiger partial charge in [0.1, 0.15) is 12.7 Å². The normalized spacial score (nSPS) is 9.60. The van der Waals surface area contributed by atoms with Crippen LogP contribution in [0.4, 0.5) is 0 Å². The van der Waals surface area contributed by atoms with Gasteiger partial charge in [-0.1, -0.05) is 0 Å². The van der Waals surface area contributed by atoms with Gasteiger partial charge in [0.2, 0.25) is 5.91 Å². The molecule has 0 radical (unpaired) electrons. The molecule has 0 heterocycles. The third-order valence-corrected chi connectivity index (χ3v) is 1.84. The van der Waals surface area contributed by atoms with Crippen LogP contribution < -0.4 is 59.1 Å². The zero-order valence-electron chi connectivity index (χ0n) is 10.9. The third kappa shape index (κ3) is 13.2. The van der Waals surface area contributed by atoms with Crippen LogP contribution in [0.3, 0.4) is 0 Å². The number of ketones is 1. The summed E-state index contributed by atoms with van der Waals surface area (Å²) in [7, 11) is -4.41. The molecule has 0 aliphatic heterocycles. The molecule has 0 aliphatic rings. The van der Waals surface area contributed by atoms with Gasteiger partial charge in [-0.25, -0.2) is 5.06 Å². The van der Waals surface area contributed by atoms with E-state index in [4.69, 9.17) is 15.0 Å². The first kappa shape index (κ1) is 21.5. The molecule has 0 unspecified atom stereocenters. The number of rotatable bonds is 4. The Morgan fingerprint density at radius 2 is 1.73 bits per heavy atom. The van der Waals surface area contributed by atoms with Gasteiger partial charge in [-0.3, -0.25) is 19.4 Å². The fraction of sp³-hybridized carbons (Fsp3) is 0.600. The van der Waals surface area contributed by atoms with Crippen LogP contribution in [-0.4, -0.2) is 44.5 Å². The van der Waals surface area contributed by atoms with Gasteiger partial charge in [0.15, 0.2) is 5.78 Å². The Kier molecular flexibility index (Phi) is 13.3. The van der Waals surface area contributed by atoms with E-state index in [9.17, 15) is 14.2 Å². The summed E-state index contributed by atoms with van der Waals surface area (Å²) in [6.07, 6.45) is -0.975. The SMILES string of the molecule is CC(=O)N(O)CC(=O)CP(=O)(O)O.[H-].[H-].[Na+].[Na+]. The predicted octanol–water partition coefficient (Wildman–Crippen LogP) is -6.80. The van der Waals surface area contributed by atoms with E-state index in [0.29, 0.717) is 0 Å². The quantitative estimate of drug-likeness (QED) is 0.200. The van der Waals surface area contributed by atoms with E-state index >= 15 is 0 Å². The molecule has 0 aromatic rings. The van der Waals surface area contributed by atoms with Crippen molar-refractivity contribution in [3.63, 3.8) is 0 Å². The van der Waals surface area contributed by atoms with Gasteiger partial charge in [0, 0.05) is 6.92 Å². The number of nitrogens with zero attached hydrogens (tertiary/aromatic N) is 1. The molecule has 15 heavy (non-hydrogen) atoms. The van der Waals surface area contributed by atoms with E-state index in [1.165, 1.54) is 0 Å². The molecule has 0 aliphatic carbocycles. The van der Waals surface area contributed by atoms with E-state index in [-0.39, 0.29) is 67.0 Å².